The van der Waals surface area contributed by atoms with Crippen molar-refractivity contribution in [1.82, 2.24) is 5.01 Å². The number of nitrogens with zero attached hydrogens (tertiary/aromatic N) is 1. The molecule has 2 rings (SSSR count). The molecule has 2 atom stereocenters. The van der Waals surface area contributed by atoms with E-state index in [1.165, 1.54) is 18.4 Å². The molecule has 0 saturated carbocycles. The Bertz CT molecular complexity index is 600. The van der Waals surface area contributed by atoms with Gasteiger partial charge in [-0.15, -0.1) is 6.58 Å². The Balaban J connectivity index is 2.31. The molecule has 0 bridgehead atoms. The van der Waals surface area contributed by atoms with Crippen LogP contribution in [0.3, 0.4) is 0 Å². The zero-order valence-electron chi connectivity index (χ0n) is 12.1. The predicted octanol–water partition coefficient (Wildman–Crippen LogP) is 0.644. The molecular weight excluding hydrogens is 282 g/mol. The first-order valence-corrected chi connectivity index (χ1v) is 6.84. The average molecular weight is 301 g/mol. The summed E-state index contributed by atoms with van der Waals surface area (Å²) >= 11 is 0. The van der Waals surface area contributed by atoms with Gasteiger partial charge in [0.15, 0.2) is 17.4 Å². The van der Waals surface area contributed by atoms with Gasteiger partial charge in [0.2, 0.25) is 5.91 Å². The third kappa shape index (κ3) is 2.79. The lowest BCUT2D eigenvalue weighted by atomic mass is 9.82. The van der Waals surface area contributed by atoms with E-state index in [-0.39, 0.29) is 18.8 Å². The lowest BCUT2D eigenvalue weighted by Gasteiger charge is -2.43. The van der Waals surface area contributed by atoms with E-state index >= 15 is 0 Å². The minimum absolute atomic E-state index is 0.106. The van der Waals surface area contributed by atoms with Crippen LogP contribution in [0.25, 0.3) is 0 Å². The minimum atomic E-state index is -1.47. The molecular formula is C16H19N3O3. The molecule has 0 fully saturated rings. The van der Waals surface area contributed by atoms with Crippen LogP contribution in [0.2, 0.25) is 0 Å². The van der Waals surface area contributed by atoms with Gasteiger partial charge in [0, 0.05) is 18.7 Å². The lowest BCUT2D eigenvalue weighted by molar-refractivity contribution is -0.154. The van der Waals surface area contributed by atoms with Gasteiger partial charge in [0.05, 0.1) is 6.61 Å². The number of rotatable bonds is 6. The third-order valence-corrected chi connectivity index (χ3v) is 3.69. The second kappa shape index (κ2) is 6.55. The van der Waals surface area contributed by atoms with E-state index in [1.54, 1.807) is 0 Å². The SMILES string of the molecule is C=CCC1(C(N)=O)C(OCc2ccccc2)C(=O)C=CN1N. The highest BCUT2D eigenvalue weighted by molar-refractivity contribution is 6.02. The van der Waals surface area contributed by atoms with Crippen molar-refractivity contribution in [3.05, 3.63) is 60.8 Å². The zero-order valence-corrected chi connectivity index (χ0v) is 12.1. The molecule has 1 aliphatic heterocycles. The van der Waals surface area contributed by atoms with Crippen molar-refractivity contribution in [2.75, 3.05) is 0 Å². The highest BCUT2D eigenvalue weighted by Crippen LogP contribution is 2.30. The number of ketones is 1. The van der Waals surface area contributed by atoms with Crippen LogP contribution in [0.1, 0.15) is 12.0 Å². The molecule has 6 nitrogen and oxygen atoms in total. The molecule has 2 unspecified atom stereocenters. The number of primary amides is 1. The molecule has 22 heavy (non-hydrogen) atoms. The third-order valence-electron chi connectivity index (χ3n) is 3.69. The molecule has 0 radical (unpaired) electrons. The van der Waals surface area contributed by atoms with E-state index in [0.717, 1.165) is 10.6 Å². The van der Waals surface area contributed by atoms with E-state index in [1.807, 2.05) is 30.3 Å². The average Bonchev–Trinajstić information content (AvgIpc) is 2.51. The molecule has 1 aromatic rings. The zero-order chi connectivity index (χ0) is 16.2. The molecule has 1 aliphatic rings. The Morgan fingerprint density at radius 3 is 2.68 bits per heavy atom. The molecule has 6 heteroatoms. The quantitative estimate of drug-likeness (QED) is 0.593. The fourth-order valence-electron chi connectivity index (χ4n) is 2.51. The van der Waals surface area contributed by atoms with Gasteiger partial charge in [-0.05, 0) is 5.56 Å². The summed E-state index contributed by atoms with van der Waals surface area (Å²) < 4.78 is 5.71. The van der Waals surface area contributed by atoms with Crippen molar-refractivity contribution < 1.29 is 14.3 Å². The summed E-state index contributed by atoms with van der Waals surface area (Å²) in [6.07, 6.45) is 3.13. The van der Waals surface area contributed by atoms with Crippen LogP contribution in [0.5, 0.6) is 0 Å². The van der Waals surface area contributed by atoms with Gasteiger partial charge < -0.3 is 10.5 Å². The molecule has 0 aliphatic carbocycles. The fourth-order valence-corrected chi connectivity index (χ4v) is 2.51. The fraction of sp³-hybridized carbons (Fsp3) is 0.250. The maximum absolute atomic E-state index is 12.2. The summed E-state index contributed by atoms with van der Waals surface area (Å²) in [5.74, 6) is 4.81. The number of nitrogens with two attached hydrogens (primary N) is 2. The first-order valence-electron chi connectivity index (χ1n) is 6.84. The summed E-state index contributed by atoms with van der Waals surface area (Å²) in [4.78, 5) is 24.3. The van der Waals surface area contributed by atoms with Gasteiger partial charge >= 0.3 is 0 Å². The standard InChI is InChI=1S/C16H19N3O3/c1-2-9-16(15(17)21)14(13(20)8-10-19(16)18)22-11-12-6-4-3-5-7-12/h2-8,10,14H,1,9,11,18H2,(H2,17,21). The van der Waals surface area contributed by atoms with Crippen LogP contribution in [-0.2, 0) is 20.9 Å². The van der Waals surface area contributed by atoms with Crippen LogP contribution in [0.15, 0.2) is 55.3 Å². The number of hydrazine groups is 1. The van der Waals surface area contributed by atoms with E-state index < -0.39 is 17.6 Å². The minimum Gasteiger partial charge on any atom is -0.367 e. The Hall–Kier alpha value is -2.44. The number of benzene rings is 1. The van der Waals surface area contributed by atoms with Gasteiger partial charge in [0.25, 0.3) is 0 Å². The second-order valence-electron chi connectivity index (χ2n) is 5.08. The summed E-state index contributed by atoms with van der Waals surface area (Å²) in [7, 11) is 0. The Morgan fingerprint density at radius 2 is 2.09 bits per heavy atom. The summed E-state index contributed by atoms with van der Waals surface area (Å²) in [6, 6.07) is 9.33. The molecule has 116 valence electrons. The molecule has 0 aromatic heterocycles. The van der Waals surface area contributed by atoms with Crippen LogP contribution < -0.4 is 11.6 Å². The van der Waals surface area contributed by atoms with Crippen LogP contribution in [-0.4, -0.2) is 28.3 Å². The predicted molar refractivity (Wildman–Crippen MR) is 81.9 cm³/mol. The van der Waals surface area contributed by atoms with Gasteiger partial charge in [-0.3, -0.25) is 14.6 Å². The van der Waals surface area contributed by atoms with Crippen molar-refractivity contribution in [2.45, 2.75) is 24.7 Å². The van der Waals surface area contributed by atoms with Gasteiger partial charge in [-0.1, -0.05) is 36.4 Å². The summed E-state index contributed by atoms with van der Waals surface area (Å²) in [5.41, 5.74) is 4.94. The van der Waals surface area contributed by atoms with E-state index in [4.69, 9.17) is 16.3 Å². The summed E-state index contributed by atoms with van der Waals surface area (Å²) in [5, 5.41) is 1.13. The van der Waals surface area contributed by atoms with E-state index in [0.29, 0.717) is 0 Å². The number of ether oxygens (including phenoxy) is 1. The molecule has 0 saturated heterocycles. The number of carbonyl (C=O) groups is 2. The molecule has 4 N–H and O–H groups in total. The van der Waals surface area contributed by atoms with Crippen molar-refractivity contribution in [3.8, 4) is 0 Å². The van der Waals surface area contributed by atoms with Crippen LogP contribution in [0.4, 0.5) is 0 Å². The maximum Gasteiger partial charge on any atom is 0.248 e. The number of hydrogen-bond acceptors (Lipinski definition) is 5. The first kappa shape index (κ1) is 15.9. The lowest BCUT2D eigenvalue weighted by Crippen LogP contribution is -2.68. The smallest absolute Gasteiger partial charge is 0.248 e. The van der Waals surface area contributed by atoms with E-state index in [9.17, 15) is 9.59 Å². The van der Waals surface area contributed by atoms with Crippen LogP contribution >= 0.6 is 0 Å². The molecule has 0 spiro atoms. The number of hydrogen-bond donors (Lipinski definition) is 2. The van der Waals surface area contributed by atoms with Gasteiger partial charge in [-0.25, -0.2) is 5.84 Å². The van der Waals surface area contributed by atoms with Crippen molar-refractivity contribution in [2.24, 2.45) is 11.6 Å². The Kier molecular flexibility index (Phi) is 4.75. The highest BCUT2D eigenvalue weighted by Gasteiger charge is 2.52. The second-order valence-corrected chi connectivity index (χ2v) is 5.08. The van der Waals surface area contributed by atoms with Crippen molar-refractivity contribution in [3.63, 3.8) is 0 Å². The summed E-state index contributed by atoms with van der Waals surface area (Å²) in [6.45, 7) is 3.79. The van der Waals surface area contributed by atoms with Crippen LogP contribution in [0, 0.1) is 0 Å². The maximum atomic E-state index is 12.2. The molecule has 1 amide bonds. The molecule has 1 aromatic carbocycles. The van der Waals surface area contributed by atoms with Crippen molar-refractivity contribution >= 4 is 11.7 Å². The Labute approximate surface area is 129 Å². The monoisotopic (exact) mass is 301 g/mol. The highest BCUT2D eigenvalue weighted by atomic mass is 16.5. The normalized spacial score (nSPS) is 24.3. The Morgan fingerprint density at radius 1 is 1.41 bits per heavy atom. The topological polar surface area (TPSA) is 98.7 Å². The van der Waals surface area contributed by atoms with E-state index in [2.05, 4.69) is 6.58 Å². The van der Waals surface area contributed by atoms with Gasteiger partial charge in [-0.2, -0.15) is 0 Å². The van der Waals surface area contributed by atoms with Crippen molar-refractivity contribution in [1.29, 1.82) is 0 Å². The molecule has 1 heterocycles. The van der Waals surface area contributed by atoms with Gasteiger partial charge in [0.1, 0.15) is 0 Å². The number of amides is 1. The first-order chi connectivity index (χ1) is 10.5. The number of carbonyl (C=O) groups excluding carboxylic acids is 2. The largest absolute Gasteiger partial charge is 0.367 e.